The Morgan fingerprint density at radius 3 is 2.39 bits per heavy atom. The van der Waals surface area contributed by atoms with Crippen LogP contribution in [0.5, 0.6) is 0 Å². The largest absolute Gasteiger partial charge is 0.378 e. The highest BCUT2D eigenvalue weighted by atomic mass is 32.1. The maximum atomic E-state index is 11.0. The molecule has 23 heavy (non-hydrogen) atoms. The summed E-state index contributed by atoms with van der Waals surface area (Å²) in [5, 5.41) is 11.0. The van der Waals surface area contributed by atoms with Crippen LogP contribution in [0.3, 0.4) is 0 Å². The molecule has 0 spiro atoms. The van der Waals surface area contributed by atoms with Gasteiger partial charge in [0, 0.05) is 31.4 Å². The molecule has 6 nitrogen and oxygen atoms in total. The number of hydrogen-bond donors (Lipinski definition) is 0. The van der Waals surface area contributed by atoms with Crippen LogP contribution in [-0.4, -0.2) is 27.8 Å². The molecule has 0 aliphatic heterocycles. The lowest BCUT2D eigenvalue weighted by atomic mass is 10.1. The second-order valence-corrected chi connectivity index (χ2v) is 5.57. The molecule has 0 fully saturated rings. The zero-order valence-electron chi connectivity index (χ0n) is 12.5. The zero-order chi connectivity index (χ0) is 16.4. The summed E-state index contributed by atoms with van der Waals surface area (Å²) in [6.07, 6.45) is 0. The molecule has 2 aromatic carbocycles. The number of aromatic nitrogens is 2. The first kappa shape index (κ1) is 14.9. The maximum Gasteiger partial charge on any atom is 0.298 e. The van der Waals surface area contributed by atoms with Crippen molar-refractivity contribution in [3.05, 3.63) is 57.6 Å². The van der Waals surface area contributed by atoms with E-state index in [-0.39, 0.29) is 11.2 Å². The van der Waals surface area contributed by atoms with E-state index in [1.807, 2.05) is 43.3 Å². The van der Waals surface area contributed by atoms with Crippen molar-refractivity contribution in [1.82, 2.24) is 8.75 Å². The molecule has 7 heteroatoms. The SMILES string of the molecule is CN(C)c1ccc(C#Cc2ccc([N+](=O)[O-])c3nsnc23)cc1. The molecule has 1 aromatic heterocycles. The topological polar surface area (TPSA) is 72.2 Å². The predicted octanol–water partition coefficient (Wildman–Crippen LogP) is 3.07. The van der Waals surface area contributed by atoms with Crippen LogP contribution in [0, 0.1) is 22.0 Å². The van der Waals surface area contributed by atoms with E-state index in [4.69, 9.17) is 0 Å². The van der Waals surface area contributed by atoms with Crippen LogP contribution in [0.25, 0.3) is 11.0 Å². The van der Waals surface area contributed by atoms with Gasteiger partial charge in [0.25, 0.3) is 5.69 Å². The lowest BCUT2D eigenvalue weighted by Gasteiger charge is -2.11. The van der Waals surface area contributed by atoms with Crippen molar-refractivity contribution >= 4 is 34.1 Å². The van der Waals surface area contributed by atoms with Gasteiger partial charge in [-0.05, 0) is 30.3 Å². The van der Waals surface area contributed by atoms with Gasteiger partial charge in [-0.3, -0.25) is 10.1 Å². The third-order valence-corrected chi connectivity index (χ3v) is 3.84. The Bertz CT molecular complexity index is 936. The number of hydrogen-bond acceptors (Lipinski definition) is 6. The lowest BCUT2D eigenvalue weighted by molar-refractivity contribution is -0.383. The third-order valence-electron chi connectivity index (χ3n) is 3.32. The van der Waals surface area contributed by atoms with Crippen LogP contribution in [0.15, 0.2) is 36.4 Å². The van der Waals surface area contributed by atoms with Gasteiger partial charge in [0.2, 0.25) is 0 Å². The maximum absolute atomic E-state index is 11.0. The zero-order valence-corrected chi connectivity index (χ0v) is 13.3. The normalized spacial score (nSPS) is 10.2. The molecule has 1 heterocycles. The molecule has 3 aromatic rings. The smallest absolute Gasteiger partial charge is 0.298 e. The molecule has 0 saturated carbocycles. The Morgan fingerprint density at radius 1 is 1.04 bits per heavy atom. The summed E-state index contributed by atoms with van der Waals surface area (Å²) >= 11 is 0.948. The van der Waals surface area contributed by atoms with Gasteiger partial charge in [0.1, 0.15) is 5.52 Å². The van der Waals surface area contributed by atoms with Crippen molar-refractivity contribution in [2.75, 3.05) is 19.0 Å². The molecule has 3 rings (SSSR count). The second-order valence-electron chi connectivity index (χ2n) is 5.04. The van der Waals surface area contributed by atoms with Crippen molar-refractivity contribution in [3.8, 4) is 11.8 Å². The molecule has 0 aliphatic carbocycles. The minimum atomic E-state index is -0.457. The van der Waals surface area contributed by atoms with Crippen LogP contribution in [0.1, 0.15) is 11.1 Å². The number of non-ortho nitro benzene ring substituents is 1. The van der Waals surface area contributed by atoms with Gasteiger partial charge in [0.05, 0.1) is 22.2 Å². The van der Waals surface area contributed by atoms with Crippen molar-refractivity contribution in [2.24, 2.45) is 0 Å². The lowest BCUT2D eigenvalue weighted by Crippen LogP contribution is -2.07. The van der Waals surface area contributed by atoms with E-state index in [2.05, 4.69) is 20.6 Å². The van der Waals surface area contributed by atoms with Gasteiger partial charge in [-0.1, -0.05) is 11.8 Å². The first-order chi connectivity index (χ1) is 11.1. The number of nitrogens with zero attached hydrogens (tertiary/aromatic N) is 4. The molecular formula is C16H12N4O2S. The summed E-state index contributed by atoms with van der Waals surface area (Å²) in [5.41, 5.74) is 3.31. The Morgan fingerprint density at radius 2 is 1.74 bits per heavy atom. The van der Waals surface area contributed by atoms with Gasteiger partial charge in [-0.2, -0.15) is 8.75 Å². The van der Waals surface area contributed by atoms with Crippen LogP contribution in [0.2, 0.25) is 0 Å². The number of anilines is 1. The van der Waals surface area contributed by atoms with Crippen LogP contribution in [0.4, 0.5) is 11.4 Å². The molecule has 0 unspecified atom stereocenters. The van der Waals surface area contributed by atoms with E-state index in [1.54, 1.807) is 6.07 Å². The molecule has 0 bridgehead atoms. The van der Waals surface area contributed by atoms with E-state index < -0.39 is 4.92 Å². The molecule has 0 N–H and O–H groups in total. The second kappa shape index (κ2) is 6.02. The minimum absolute atomic E-state index is 0.0466. The fourth-order valence-electron chi connectivity index (χ4n) is 2.08. The van der Waals surface area contributed by atoms with Crippen molar-refractivity contribution in [2.45, 2.75) is 0 Å². The molecule has 0 atom stereocenters. The number of nitro benzene ring substituents is 1. The van der Waals surface area contributed by atoms with Gasteiger partial charge >= 0.3 is 0 Å². The molecule has 0 radical (unpaired) electrons. The van der Waals surface area contributed by atoms with Crippen molar-refractivity contribution in [1.29, 1.82) is 0 Å². The average Bonchev–Trinajstić information content (AvgIpc) is 3.02. The van der Waals surface area contributed by atoms with Gasteiger partial charge in [0.15, 0.2) is 5.52 Å². The first-order valence-electron chi connectivity index (χ1n) is 6.75. The molecule has 0 amide bonds. The van der Waals surface area contributed by atoms with E-state index in [9.17, 15) is 10.1 Å². The van der Waals surface area contributed by atoms with E-state index in [1.165, 1.54) is 6.07 Å². The van der Waals surface area contributed by atoms with E-state index >= 15 is 0 Å². The molecular weight excluding hydrogens is 312 g/mol. The fourth-order valence-corrected chi connectivity index (χ4v) is 2.65. The minimum Gasteiger partial charge on any atom is -0.378 e. The van der Waals surface area contributed by atoms with E-state index in [0.717, 1.165) is 23.0 Å². The summed E-state index contributed by atoms with van der Waals surface area (Å²) in [4.78, 5) is 12.5. The van der Waals surface area contributed by atoms with Crippen molar-refractivity contribution < 1.29 is 4.92 Å². The number of fused-ring (bicyclic) bond motifs is 1. The summed E-state index contributed by atoms with van der Waals surface area (Å²) in [7, 11) is 3.95. The quantitative estimate of drug-likeness (QED) is 0.411. The number of nitro groups is 1. The van der Waals surface area contributed by atoms with Gasteiger partial charge < -0.3 is 4.90 Å². The highest BCUT2D eigenvalue weighted by molar-refractivity contribution is 7.00. The predicted molar refractivity (Wildman–Crippen MR) is 90.8 cm³/mol. The van der Waals surface area contributed by atoms with Gasteiger partial charge in [-0.15, -0.1) is 0 Å². The summed E-state index contributed by atoms with van der Waals surface area (Å²) in [5.74, 6) is 6.08. The Hall–Kier alpha value is -2.98. The van der Waals surface area contributed by atoms with Crippen LogP contribution < -0.4 is 4.90 Å². The van der Waals surface area contributed by atoms with Crippen LogP contribution >= 0.6 is 11.7 Å². The van der Waals surface area contributed by atoms with E-state index in [0.29, 0.717) is 11.1 Å². The van der Waals surface area contributed by atoms with Crippen molar-refractivity contribution in [3.63, 3.8) is 0 Å². The Labute approximate surface area is 136 Å². The Kier molecular flexibility index (Phi) is 3.91. The highest BCUT2D eigenvalue weighted by Gasteiger charge is 2.17. The Balaban J connectivity index is 1.98. The van der Waals surface area contributed by atoms with Crippen LogP contribution in [-0.2, 0) is 0 Å². The summed E-state index contributed by atoms with van der Waals surface area (Å²) < 4.78 is 8.13. The summed E-state index contributed by atoms with van der Waals surface area (Å²) in [6, 6.07) is 10.9. The monoisotopic (exact) mass is 324 g/mol. The molecule has 0 aliphatic rings. The molecule has 0 saturated heterocycles. The fraction of sp³-hybridized carbons (Fsp3) is 0.125. The standard InChI is InChI=1S/C16H12N4O2S/c1-19(2)13-8-4-11(5-9-13)3-6-12-7-10-14(20(21)22)16-15(12)17-23-18-16/h4-5,7-10H,1-2H3. The third kappa shape index (κ3) is 2.98. The first-order valence-corrected chi connectivity index (χ1v) is 7.48. The molecule has 114 valence electrons. The highest BCUT2D eigenvalue weighted by Crippen LogP contribution is 2.26. The number of benzene rings is 2. The summed E-state index contributed by atoms with van der Waals surface area (Å²) in [6.45, 7) is 0. The average molecular weight is 324 g/mol. The van der Waals surface area contributed by atoms with Gasteiger partial charge in [-0.25, -0.2) is 0 Å². The number of rotatable bonds is 2.